The van der Waals surface area contributed by atoms with E-state index in [2.05, 4.69) is 5.32 Å². The van der Waals surface area contributed by atoms with Crippen LogP contribution < -0.4 is 11.1 Å². The zero-order chi connectivity index (χ0) is 12.1. The van der Waals surface area contributed by atoms with E-state index in [4.69, 9.17) is 5.73 Å². The van der Waals surface area contributed by atoms with Crippen molar-refractivity contribution in [1.29, 1.82) is 0 Å². The van der Waals surface area contributed by atoms with E-state index in [9.17, 15) is 9.59 Å². The molecule has 0 aromatic rings. The van der Waals surface area contributed by atoms with Crippen molar-refractivity contribution in [3.8, 4) is 0 Å². The molecule has 1 heterocycles. The highest BCUT2D eigenvalue weighted by atomic mass is 16.2. The molecule has 0 aromatic heterocycles. The normalized spacial score (nSPS) is 19.1. The molecule has 0 aliphatic carbocycles. The van der Waals surface area contributed by atoms with Crippen LogP contribution >= 0.6 is 0 Å². The third-order valence-corrected chi connectivity index (χ3v) is 3.40. The maximum atomic E-state index is 11.6. The molecule has 1 aliphatic rings. The Labute approximate surface area is 96.4 Å². The second-order valence-corrected chi connectivity index (χ2v) is 4.48. The van der Waals surface area contributed by atoms with Gasteiger partial charge in [-0.3, -0.25) is 9.59 Å². The van der Waals surface area contributed by atoms with E-state index < -0.39 is 5.91 Å². The van der Waals surface area contributed by atoms with Gasteiger partial charge in [0.25, 0.3) is 0 Å². The summed E-state index contributed by atoms with van der Waals surface area (Å²) in [6.07, 6.45) is 1.97. The van der Waals surface area contributed by atoms with E-state index in [0.717, 1.165) is 25.9 Å². The number of piperidine rings is 1. The van der Waals surface area contributed by atoms with Gasteiger partial charge >= 0.3 is 0 Å². The molecule has 0 unspecified atom stereocenters. The van der Waals surface area contributed by atoms with Crippen molar-refractivity contribution < 1.29 is 9.59 Å². The first-order chi connectivity index (χ1) is 7.52. The fraction of sp³-hybridized carbons (Fsp3) is 0.818. The third kappa shape index (κ3) is 3.48. The predicted octanol–water partition coefficient (Wildman–Crippen LogP) is -0.292. The van der Waals surface area contributed by atoms with Gasteiger partial charge in [0, 0.05) is 13.1 Å². The molecule has 0 aromatic carbocycles. The van der Waals surface area contributed by atoms with E-state index in [-0.39, 0.29) is 18.4 Å². The molecule has 1 aliphatic heterocycles. The molecule has 1 saturated heterocycles. The lowest BCUT2D eigenvalue weighted by Gasteiger charge is -2.34. The Balaban J connectivity index is 2.47. The van der Waals surface area contributed by atoms with Crippen LogP contribution in [0.25, 0.3) is 0 Å². The predicted molar refractivity (Wildman–Crippen MR) is 61.6 cm³/mol. The summed E-state index contributed by atoms with van der Waals surface area (Å²) in [4.78, 5) is 24.0. The second kappa shape index (κ2) is 5.84. The molecule has 5 heteroatoms. The molecule has 0 saturated carbocycles. The Morgan fingerprint density at radius 1 is 1.44 bits per heavy atom. The third-order valence-electron chi connectivity index (χ3n) is 3.40. The molecule has 0 spiro atoms. The van der Waals surface area contributed by atoms with E-state index in [0.29, 0.717) is 5.92 Å². The van der Waals surface area contributed by atoms with Crippen molar-refractivity contribution in [3.63, 3.8) is 0 Å². The summed E-state index contributed by atoms with van der Waals surface area (Å²) in [5.41, 5.74) is 5.01. The lowest BCUT2D eigenvalue weighted by molar-refractivity contribution is -0.136. The van der Waals surface area contributed by atoms with Gasteiger partial charge in [-0.15, -0.1) is 0 Å². The molecule has 1 atom stereocenters. The fourth-order valence-electron chi connectivity index (χ4n) is 2.14. The van der Waals surface area contributed by atoms with Crippen LogP contribution in [0.5, 0.6) is 0 Å². The first-order valence-electron chi connectivity index (χ1n) is 5.77. The number of rotatable bonds is 4. The van der Waals surface area contributed by atoms with E-state index in [1.54, 1.807) is 11.9 Å². The molecule has 0 radical (unpaired) electrons. The summed E-state index contributed by atoms with van der Waals surface area (Å²) in [6.45, 7) is 4.05. The largest absolute Gasteiger partial charge is 0.369 e. The number of nitrogens with one attached hydrogen (secondary N) is 1. The highest BCUT2D eigenvalue weighted by Crippen LogP contribution is 2.20. The zero-order valence-corrected chi connectivity index (χ0v) is 10.0. The Kier molecular flexibility index (Phi) is 4.73. The topological polar surface area (TPSA) is 75.4 Å². The molecule has 1 rings (SSSR count). The smallest absolute Gasteiger partial charge is 0.231 e. The Morgan fingerprint density at radius 3 is 2.50 bits per heavy atom. The summed E-state index contributed by atoms with van der Waals surface area (Å²) >= 11 is 0. The van der Waals surface area contributed by atoms with E-state index in [1.165, 1.54) is 0 Å². The molecular weight excluding hydrogens is 206 g/mol. The van der Waals surface area contributed by atoms with Gasteiger partial charge in [-0.1, -0.05) is 0 Å². The van der Waals surface area contributed by atoms with Crippen LogP contribution in [-0.2, 0) is 9.59 Å². The van der Waals surface area contributed by atoms with Crippen LogP contribution in [-0.4, -0.2) is 42.9 Å². The van der Waals surface area contributed by atoms with Crippen LogP contribution in [0.15, 0.2) is 0 Å². The summed E-state index contributed by atoms with van der Waals surface area (Å²) in [5, 5.41) is 3.29. The summed E-state index contributed by atoms with van der Waals surface area (Å²) in [6, 6.07) is 0.175. The summed E-state index contributed by atoms with van der Waals surface area (Å²) in [7, 11) is 1.75. The fourth-order valence-corrected chi connectivity index (χ4v) is 2.14. The van der Waals surface area contributed by atoms with Gasteiger partial charge < -0.3 is 16.0 Å². The molecule has 0 bridgehead atoms. The van der Waals surface area contributed by atoms with Crippen LogP contribution in [0, 0.1) is 5.92 Å². The molecule has 5 nitrogen and oxygen atoms in total. The molecule has 2 amide bonds. The molecule has 1 fully saturated rings. The lowest BCUT2D eigenvalue weighted by Crippen LogP contribution is -2.44. The first-order valence-corrected chi connectivity index (χ1v) is 5.77. The number of carbonyl (C=O) groups excluding carboxylic acids is 2. The van der Waals surface area contributed by atoms with Gasteiger partial charge in [0.15, 0.2) is 0 Å². The minimum atomic E-state index is -0.561. The summed E-state index contributed by atoms with van der Waals surface area (Å²) in [5.74, 6) is -0.226. The molecule has 92 valence electrons. The van der Waals surface area contributed by atoms with Crippen LogP contribution in [0.1, 0.15) is 26.2 Å². The minimum absolute atomic E-state index is 0.175. The molecular formula is C11H21N3O2. The number of primary amides is 1. The molecule has 3 N–H and O–H groups in total. The summed E-state index contributed by atoms with van der Waals surface area (Å²) < 4.78 is 0. The van der Waals surface area contributed by atoms with Gasteiger partial charge in [0.1, 0.15) is 6.42 Å². The number of carbonyl (C=O) groups is 2. The average molecular weight is 227 g/mol. The maximum absolute atomic E-state index is 11.6. The minimum Gasteiger partial charge on any atom is -0.369 e. The van der Waals surface area contributed by atoms with Crippen molar-refractivity contribution in [1.82, 2.24) is 10.2 Å². The standard InChI is InChI=1S/C11H21N3O2/c1-8(9-3-5-13-6-4-9)14(2)11(16)7-10(12)15/h8-9,13H,3-7H2,1-2H3,(H2,12,15)/t8-/m0/s1. The van der Waals surface area contributed by atoms with Gasteiger partial charge in [-0.05, 0) is 38.8 Å². The highest BCUT2D eigenvalue weighted by molar-refractivity contribution is 5.96. The second-order valence-electron chi connectivity index (χ2n) is 4.48. The zero-order valence-electron chi connectivity index (χ0n) is 10.0. The molecule has 16 heavy (non-hydrogen) atoms. The van der Waals surface area contributed by atoms with Gasteiger partial charge in [-0.2, -0.15) is 0 Å². The van der Waals surface area contributed by atoms with Crippen molar-refractivity contribution >= 4 is 11.8 Å². The van der Waals surface area contributed by atoms with Gasteiger partial charge in [0.05, 0.1) is 0 Å². The number of hydrogen-bond acceptors (Lipinski definition) is 3. The Hall–Kier alpha value is -1.10. The quantitative estimate of drug-likeness (QED) is 0.648. The van der Waals surface area contributed by atoms with Crippen LogP contribution in [0.4, 0.5) is 0 Å². The lowest BCUT2D eigenvalue weighted by atomic mass is 9.90. The Bertz CT molecular complexity index is 262. The number of nitrogens with two attached hydrogens (primary N) is 1. The number of hydrogen-bond donors (Lipinski definition) is 2. The maximum Gasteiger partial charge on any atom is 0.231 e. The highest BCUT2D eigenvalue weighted by Gasteiger charge is 2.26. The number of amides is 2. The van der Waals surface area contributed by atoms with Crippen LogP contribution in [0.3, 0.4) is 0 Å². The SMILES string of the molecule is C[C@@H](C1CCNCC1)N(C)C(=O)CC(N)=O. The Morgan fingerprint density at radius 2 is 2.00 bits per heavy atom. The number of nitrogens with zero attached hydrogens (tertiary/aromatic N) is 1. The van der Waals surface area contributed by atoms with Gasteiger partial charge in [-0.25, -0.2) is 0 Å². The van der Waals surface area contributed by atoms with Crippen LogP contribution in [0.2, 0.25) is 0 Å². The van der Waals surface area contributed by atoms with Crippen molar-refractivity contribution in [2.24, 2.45) is 11.7 Å². The van der Waals surface area contributed by atoms with Gasteiger partial charge in [0.2, 0.25) is 11.8 Å². The van der Waals surface area contributed by atoms with Crippen molar-refractivity contribution in [2.75, 3.05) is 20.1 Å². The monoisotopic (exact) mass is 227 g/mol. The van der Waals surface area contributed by atoms with Crippen molar-refractivity contribution in [3.05, 3.63) is 0 Å². The van der Waals surface area contributed by atoms with Crippen molar-refractivity contribution in [2.45, 2.75) is 32.2 Å². The first kappa shape index (κ1) is 13.0. The van der Waals surface area contributed by atoms with E-state index in [1.807, 2.05) is 6.92 Å². The average Bonchev–Trinajstić information content (AvgIpc) is 2.27. The van der Waals surface area contributed by atoms with E-state index >= 15 is 0 Å².